The van der Waals surface area contributed by atoms with Crippen LogP contribution < -0.4 is 5.32 Å². The van der Waals surface area contributed by atoms with Gasteiger partial charge in [-0.25, -0.2) is 0 Å². The molecule has 0 bridgehead atoms. The summed E-state index contributed by atoms with van der Waals surface area (Å²) in [7, 11) is 4.06. The predicted molar refractivity (Wildman–Crippen MR) is 81.3 cm³/mol. The fraction of sp³-hybridized carbons (Fsp3) is 0.312. The number of aromatic nitrogens is 1. The Kier molecular flexibility index (Phi) is 4.96. The Morgan fingerprint density at radius 3 is 2.40 bits per heavy atom. The summed E-state index contributed by atoms with van der Waals surface area (Å²) in [6, 6.07) is 11.6. The van der Waals surface area contributed by atoms with Crippen LogP contribution in [0.2, 0.25) is 0 Å². The van der Waals surface area contributed by atoms with Crippen LogP contribution in [-0.2, 0) is 0 Å². The molecule has 0 aliphatic carbocycles. The van der Waals surface area contributed by atoms with Gasteiger partial charge in [0, 0.05) is 30.2 Å². The molecule has 2 rings (SSSR count). The first kappa shape index (κ1) is 14.3. The highest BCUT2D eigenvalue weighted by Gasteiger charge is 2.05. The Hall–Kier alpha value is -2.07. The third-order valence-corrected chi connectivity index (χ3v) is 3.10. The van der Waals surface area contributed by atoms with E-state index < -0.39 is 0 Å². The average Bonchev–Trinajstić information content (AvgIpc) is 2.97. The number of nitrogens with one attached hydrogen (secondary N) is 1. The molecule has 4 nitrogen and oxygen atoms in total. The van der Waals surface area contributed by atoms with Crippen molar-refractivity contribution in [1.29, 1.82) is 0 Å². The van der Waals surface area contributed by atoms with Crippen LogP contribution in [0.25, 0.3) is 5.69 Å². The number of carbonyl (C=O) groups excluding carboxylic acids is 1. The van der Waals surface area contributed by atoms with Gasteiger partial charge in [0.2, 0.25) is 0 Å². The number of nitrogens with zero attached hydrogens (tertiary/aromatic N) is 2. The van der Waals surface area contributed by atoms with Gasteiger partial charge in [-0.05, 0) is 63.5 Å². The molecule has 0 fully saturated rings. The Morgan fingerprint density at radius 2 is 1.80 bits per heavy atom. The van der Waals surface area contributed by atoms with Crippen LogP contribution in [0.5, 0.6) is 0 Å². The van der Waals surface area contributed by atoms with Gasteiger partial charge in [-0.3, -0.25) is 4.79 Å². The van der Waals surface area contributed by atoms with Gasteiger partial charge in [-0.2, -0.15) is 0 Å². The molecule has 0 atom stereocenters. The predicted octanol–water partition coefficient (Wildman–Crippen LogP) is 2.16. The molecule has 20 heavy (non-hydrogen) atoms. The first-order valence-electron chi connectivity index (χ1n) is 6.83. The zero-order valence-electron chi connectivity index (χ0n) is 12.0. The van der Waals surface area contributed by atoms with Crippen molar-refractivity contribution >= 4 is 5.91 Å². The van der Waals surface area contributed by atoms with Crippen LogP contribution in [0.3, 0.4) is 0 Å². The lowest BCUT2D eigenvalue weighted by atomic mass is 10.2. The van der Waals surface area contributed by atoms with Gasteiger partial charge in [0.25, 0.3) is 5.91 Å². The smallest absolute Gasteiger partial charge is 0.251 e. The van der Waals surface area contributed by atoms with Crippen LogP contribution in [0.15, 0.2) is 48.8 Å². The topological polar surface area (TPSA) is 37.3 Å². The molecule has 1 aromatic heterocycles. The average molecular weight is 271 g/mol. The molecule has 0 aliphatic rings. The first-order valence-corrected chi connectivity index (χ1v) is 6.83. The van der Waals surface area contributed by atoms with Crippen molar-refractivity contribution in [3.8, 4) is 5.69 Å². The van der Waals surface area contributed by atoms with Crippen molar-refractivity contribution in [2.24, 2.45) is 0 Å². The molecule has 4 heteroatoms. The monoisotopic (exact) mass is 271 g/mol. The molecular weight excluding hydrogens is 250 g/mol. The minimum Gasteiger partial charge on any atom is -0.352 e. The summed E-state index contributed by atoms with van der Waals surface area (Å²) in [5.74, 6) is -0.0113. The normalized spacial score (nSPS) is 10.8. The Morgan fingerprint density at radius 1 is 1.15 bits per heavy atom. The second-order valence-electron chi connectivity index (χ2n) is 5.05. The Bertz CT molecular complexity index is 529. The summed E-state index contributed by atoms with van der Waals surface area (Å²) in [4.78, 5) is 14.1. The highest BCUT2D eigenvalue weighted by Crippen LogP contribution is 2.09. The summed E-state index contributed by atoms with van der Waals surface area (Å²) in [5, 5.41) is 2.94. The first-order chi connectivity index (χ1) is 9.66. The fourth-order valence-electron chi connectivity index (χ4n) is 1.99. The minimum absolute atomic E-state index is 0.0113. The number of carbonyl (C=O) groups is 1. The third-order valence-electron chi connectivity index (χ3n) is 3.10. The van der Waals surface area contributed by atoms with E-state index in [9.17, 15) is 4.79 Å². The molecule has 0 spiro atoms. The second kappa shape index (κ2) is 6.91. The standard InChI is InChI=1S/C16H21N3O/c1-18(2)11-5-10-17-16(20)14-6-8-15(9-7-14)19-12-3-4-13-19/h3-4,6-9,12-13H,5,10-11H2,1-2H3,(H,17,20). The van der Waals surface area contributed by atoms with Crippen molar-refractivity contribution in [3.63, 3.8) is 0 Å². The quantitative estimate of drug-likeness (QED) is 0.818. The zero-order valence-corrected chi connectivity index (χ0v) is 12.0. The number of hydrogen-bond acceptors (Lipinski definition) is 2. The lowest BCUT2D eigenvalue weighted by Crippen LogP contribution is -2.27. The van der Waals surface area contributed by atoms with E-state index in [0.717, 1.165) is 18.7 Å². The van der Waals surface area contributed by atoms with E-state index >= 15 is 0 Å². The molecule has 1 aromatic carbocycles. The highest BCUT2D eigenvalue weighted by atomic mass is 16.1. The largest absolute Gasteiger partial charge is 0.352 e. The van der Waals surface area contributed by atoms with E-state index in [1.807, 2.05) is 67.5 Å². The van der Waals surface area contributed by atoms with E-state index in [-0.39, 0.29) is 5.91 Å². The molecule has 1 amide bonds. The molecule has 1 N–H and O–H groups in total. The maximum Gasteiger partial charge on any atom is 0.251 e. The number of benzene rings is 1. The zero-order chi connectivity index (χ0) is 14.4. The lowest BCUT2D eigenvalue weighted by Gasteiger charge is -2.10. The van der Waals surface area contributed by atoms with Gasteiger partial charge >= 0.3 is 0 Å². The molecular formula is C16H21N3O. The molecule has 0 aliphatic heterocycles. The van der Waals surface area contributed by atoms with Gasteiger partial charge in [-0.15, -0.1) is 0 Å². The summed E-state index contributed by atoms with van der Waals surface area (Å²) in [5.41, 5.74) is 1.75. The lowest BCUT2D eigenvalue weighted by molar-refractivity contribution is 0.0952. The maximum absolute atomic E-state index is 12.0. The van der Waals surface area contributed by atoms with Crippen LogP contribution in [0.1, 0.15) is 16.8 Å². The summed E-state index contributed by atoms with van der Waals surface area (Å²) >= 11 is 0. The minimum atomic E-state index is -0.0113. The van der Waals surface area contributed by atoms with Crippen LogP contribution >= 0.6 is 0 Å². The summed E-state index contributed by atoms with van der Waals surface area (Å²) in [6.07, 6.45) is 4.92. The summed E-state index contributed by atoms with van der Waals surface area (Å²) in [6.45, 7) is 1.68. The number of rotatable bonds is 6. The molecule has 1 heterocycles. The van der Waals surface area contributed by atoms with Gasteiger partial charge in [0.1, 0.15) is 0 Å². The Labute approximate surface area is 120 Å². The summed E-state index contributed by atoms with van der Waals surface area (Å²) < 4.78 is 2.01. The van der Waals surface area contributed by atoms with Crippen molar-refractivity contribution in [2.75, 3.05) is 27.2 Å². The van der Waals surface area contributed by atoms with Crippen LogP contribution in [0, 0.1) is 0 Å². The van der Waals surface area contributed by atoms with Crippen molar-refractivity contribution in [1.82, 2.24) is 14.8 Å². The third kappa shape index (κ3) is 3.96. The van der Waals surface area contributed by atoms with Crippen molar-refractivity contribution < 1.29 is 4.79 Å². The highest BCUT2D eigenvalue weighted by molar-refractivity contribution is 5.94. The molecule has 2 aromatic rings. The number of hydrogen-bond donors (Lipinski definition) is 1. The van der Waals surface area contributed by atoms with E-state index in [1.165, 1.54) is 0 Å². The van der Waals surface area contributed by atoms with E-state index in [4.69, 9.17) is 0 Å². The number of amides is 1. The van der Waals surface area contributed by atoms with Gasteiger partial charge in [0.05, 0.1) is 0 Å². The van der Waals surface area contributed by atoms with Gasteiger partial charge in [-0.1, -0.05) is 0 Å². The molecule has 0 saturated carbocycles. The SMILES string of the molecule is CN(C)CCCNC(=O)c1ccc(-n2cccc2)cc1. The molecule has 0 saturated heterocycles. The molecule has 0 unspecified atom stereocenters. The van der Waals surface area contributed by atoms with Crippen molar-refractivity contribution in [3.05, 3.63) is 54.4 Å². The van der Waals surface area contributed by atoms with E-state index in [0.29, 0.717) is 12.1 Å². The van der Waals surface area contributed by atoms with Gasteiger partial charge < -0.3 is 14.8 Å². The van der Waals surface area contributed by atoms with Crippen LogP contribution in [-0.4, -0.2) is 42.6 Å². The van der Waals surface area contributed by atoms with Crippen molar-refractivity contribution in [2.45, 2.75) is 6.42 Å². The van der Waals surface area contributed by atoms with E-state index in [1.54, 1.807) is 0 Å². The van der Waals surface area contributed by atoms with Gasteiger partial charge in [0.15, 0.2) is 0 Å². The Balaban J connectivity index is 1.88. The molecule has 106 valence electrons. The van der Waals surface area contributed by atoms with E-state index in [2.05, 4.69) is 10.2 Å². The maximum atomic E-state index is 12.0. The fourth-order valence-corrected chi connectivity index (χ4v) is 1.99. The van der Waals surface area contributed by atoms with Crippen LogP contribution in [0.4, 0.5) is 0 Å². The molecule has 0 radical (unpaired) electrons. The second-order valence-corrected chi connectivity index (χ2v) is 5.05.